The number of rotatable bonds is 4. The fraction of sp³-hybridized carbons (Fsp3) is 0.150. The molecule has 0 atom stereocenters. The van der Waals surface area contributed by atoms with E-state index in [4.69, 9.17) is 18.9 Å². The number of hydrogen-bond acceptors (Lipinski definition) is 8. The van der Waals surface area contributed by atoms with Gasteiger partial charge in [-0.1, -0.05) is 0 Å². The molecule has 0 fully saturated rings. The number of nitrogens with zero attached hydrogens (tertiary/aromatic N) is 2. The molecule has 2 aliphatic rings. The number of amides is 1. The average molecular weight is 392 g/mol. The van der Waals surface area contributed by atoms with Crippen LogP contribution in [0.5, 0.6) is 23.0 Å². The molecule has 2 aromatic carbocycles. The number of aromatic nitrogens is 2. The molecule has 9 nitrogen and oxygen atoms in total. The SMILES string of the molecule is O=C(Nc1ccc2c(c1)OCO2)c1ccnc(Nc2ccc3c(c2)OCCO3)n1. The Bertz CT molecular complexity index is 1090. The highest BCUT2D eigenvalue weighted by Gasteiger charge is 2.16. The lowest BCUT2D eigenvalue weighted by Gasteiger charge is -2.19. The van der Waals surface area contributed by atoms with Gasteiger partial charge < -0.3 is 29.6 Å². The molecular weight excluding hydrogens is 376 g/mol. The van der Waals surface area contributed by atoms with Crippen molar-refractivity contribution >= 4 is 23.2 Å². The second-order valence-corrected chi connectivity index (χ2v) is 6.27. The van der Waals surface area contributed by atoms with Crippen LogP contribution in [0.25, 0.3) is 0 Å². The summed E-state index contributed by atoms with van der Waals surface area (Å²) in [5.41, 5.74) is 1.53. The Morgan fingerprint density at radius 1 is 0.828 bits per heavy atom. The highest BCUT2D eigenvalue weighted by atomic mass is 16.7. The van der Waals surface area contributed by atoms with E-state index < -0.39 is 0 Å². The lowest BCUT2D eigenvalue weighted by Crippen LogP contribution is -2.15. The number of fused-ring (bicyclic) bond motifs is 2. The van der Waals surface area contributed by atoms with Crippen molar-refractivity contribution in [2.75, 3.05) is 30.6 Å². The predicted molar refractivity (Wildman–Crippen MR) is 103 cm³/mol. The summed E-state index contributed by atoms with van der Waals surface area (Å²) in [4.78, 5) is 21.0. The largest absolute Gasteiger partial charge is 0.486 e. The Hall–Kier alpha value is -4.01. The van der Waals surface area contributed by atoms with Gasteiger partial charge >= 0.3 is 0 Å². The summed E-state index contributed by atoms with van der Waals surface area (Å²) in [5, 5.41) is 5.86. The van der Waals surface area contributed by atoms with Gasteiger partial charge in [0.25, 0.3) is 5.91 Å². The minimum atomic E-state index is -0.364. The zero-order valence-electron chi connectivity index (χ0n) is 15.2. The van der Waals surface area contributed by atoms with Crippen LogP contribution in [0.1, 0.15) is 10.5 Å². The number of benzene rings is 2. The summed E-state index contributed by atoms with van der Waals surface area (Å²) in [7, 11) is 0. The van der Waals surface area contributed by atoms with Crippen LogP contribution in [-0.2, 0) is 0 Å². The first kappa shape index (κ1) is 17.1. The maximum Gasteiger partial charge on any atom is 0.274 e. The highest BCUT2D eigenvalue weighted by Crippen LogP contribution is 2.35. The molecular formula is C20H16N4O5. The molecule has 3 aromatic rings. The maximum atomic E-state index is 12.6. The standard InChI is InChI=1S/C20H16N4O5/c25-19(22-12-1-4-16-18(9-12)29-11-28-16)14-5-6-21-20(24-14)23-13-2-3-15-17(10-13)27-8-7-26-15/h1-6,9-10H,7-8,11H2,(H,22,25)(H,21,23,24). The molecule has 0 radical (unpaired) electrons. The Morgan fingerprint density at radius 3 is 2.41 bits per heavy atom. The fourth-order valence-electron chi connectivity index (χ4n) is 2.97. The van der Waals surface area contributed by atoms with Crippen LogP contribution in [0.3, 0.4) is 0 Å². The summed E-state index contributed by atoms with van der Waals surface area (Å²) in [5.74, 6) is 2.51. The van der Waals surface area contributed by atoms with Crippen molar-refractivity contribution in [3.05, 3.63) is 54.4 Å². The Kier molecular flexibility index (Phi) is 4.24. The number of carbonyl (C=O) groups excluding carboxylic acids is 1. The molecule has 29 heavy (non-hydrogen) atoms. The van der Waals surface area contributed by atoms with Gasteiger partial charge in [0.2, 0.25) is 12.7 Å². The summed E-state index contributed by atoms with van der Waals surface area (Å²) in [6, 6.07) is 12.2. The third kappa shape index (κ3) is 3.57. The van der Waals surface area contributed by atoms with Gasteiger partial charge in [-0.2, -0.15) is 0 Å². The molecule has 0 spiro atoms. The quantitative estimate of drug-likeness (QED) is 0.698. The van der Waals surface area contributed by atoms with E-state index in [0.29, 0.717) is 47.8 Å². The van der Waals surface area contributed by atoms with Gasteiger partial charge in [0, 0.05) is 29.7 Å². The molecule has 2 N–H and O–H groups in total. The Labute approximate surface area is 165 Å². The first-order chi connectivity index (χ1) is 14.2. The van der Waals surface area contributed by atoms with Crippen LogP contribution in [0, 0.1) is 0 Å². The molecule has 0 unspecified atom stereocenters. The van der Waals surface area contributed by atoms with E-state index in [1.165, 1.54) is 12.3 Å². The van der Waals surface area contributed by atoms with Crippen LogP contribution >= 0.6 is 0 Å². The van der Waals surface area contributed by atoms with E-state index in [9.17, 15) is 4.79 Å². The second kappa shape index (κ2) is 7.19. The number of hydrogen-bond donors (Lipinski definition) is 2. The molecule has 0 saturated carbocycles. The van der Waals surface area contributed by atoms with Crippen molar-refractivity contribution < 1.29 is 23.7 Å². The second-order valence-electron chi connectivity index (χ2n) is 6.27. The molecule has 146 valence electrons. The molecule has 0 saturated heterocycles. The van der Waals surface area contributed by atoms with Crippen LogP contribution in [0.2, 0.25) is 0 Å². The van der Waals surface area contributed by atoms with E-state index in [1.807, 2.05) is 12.1 Å². The molecule has 1 amide bonds. The van der Waals surface area contributed by atoms with Gasteiger partial charge in [-0.05, 0) is 30.3 Å². The average Bonchev–Trinajstić information content (AvgIpc) is 3.22. The topological polar surface area (TPSA) is 104 Å². The molecule has 0 bridgehead atoms. The Balaban J connectivity index is 1.31. The minimum Gasteiger partial charge on any atom is -0.486 e. The van der Waals surface area contributed by atoms with Crippen molar-refractivity contribution in [2.45, 2.75) is 0 Å². The molecule has 2 aliphatic heterocycles. The molecule has 1 aromatic heterocycles. The number of anilines is 3. The molecule has 5 rings (SSSR count). The van der Waals surface area contributed by atoms with Gasteiger partial charge in [-0.25, -0.2) is 9.97 Å². The van der Waals surface area contributed by atoms with Crippen LogP contribution in [-0.4, -0.2) is 35.9 Å². The number of nitrogens with one attached hydrogen (secondary N) is 2. The number of ether oxygens (including phenoxy) is 4. The summed E-state index contributed by atoms with van der Waals surface area (Å²) in [6.07, 6.45) is 1.52. The van der Waals surface area contributed by atoms with E-state index in [2.05, 4.69) is 20.6 Å². The van der Waals surface area contributed by atoms with Crippen molar-refractivity contribution in [3.63, 3.8) is 0 Å². The lowest BCUT2D eigenvalue weighted by molar-refractivity contribution is 0.102. The van der Waals surface area contributed by atoms with E-state index in [0.717, 1.165) is 5.69 Å². The first-order valence-corrected chi connectivity index (χ1v) is 8.95. The maximum absolute atomic E-state index is 12.6. The highest BCUT2D eigenvalue weighted by molar-refractivity contribution is 6.03. The third-order valence-corrected chi connectivity index (χ3v) is 4.32. The van der Waals surface area contributed by atoms with Crippen LogP contribution < -0.4 is 29.6 Å². The van der Waals surface area contributed by atoms with E-state index in [1.54, 1.807) is 24.3 Å². The minimum absolute atomic E-state index is 0.174. The van der Waals surface area contributed by atoms with Gasteiger partial charge in [-0.15, -0.1) is 0 Å². The van der Waals surface area contributed by atoms with Gasteiger partial charge in [0.05, 0.1) is 0 Å². The van der Waals surface area contributed by atoms with Crippen molar-refractivity contribution in [1.29, 1.82) is 0 Å². The normalized spacial score (nSPS) is 13.7. The summed E-state index contributed by atoms with van der Waals surface area (Å²) >= 11 is 0. The van der Waals surface area contributed by atoms with Crippen molar-refractivity contribution in [3.8, 4) is 23.0 Å². The van der Waals surface area contributed by atoms with Gasteiger partial charge in [0.15, 0.2) is 23.0 Å². The zero-order chi connectivity index (χ0) is 19.6. The van der Waals surface area contributed by atoms with E-state index in [-0.39, 0.29) is 18.4 Å². The van der Waals surface area contributed by atoms with Crippen molar-refractivity contribution in [1.82, 2.24) is 9.97 Å². The first-order valence-electron chi connectivity index (χ1n) is 8.95. The smallest absolute Gasteiger partial charge is 0.274 e. The van der Waals surface area contributed by atoms with Crippen LogP contribution in [0.4, 0.5) is 17.3 Å². The lowest BCUT2D eigenvalue weighted by atomic mass is 10.2. The predicted octanol–water partition coefficient (Wildman–Crippen LogP) is 2.97. The van der Waals surface area contributed by atoms with Gasteiger partial charge in [0.1, 0.15) is 18.9 Å². The van der Waals surface area contributed by atoms with Crippen LogP contribution in [0.15, 0.2) is 48.7 Å². The van der Waals surface area contributed by atoms with Crippen molar-refractivity contribution in [2.24, 2.45) is 0 Å². The summed E-state index contributed by atoms with van der Waals surface area (Å²) < 4.78 is 21.7. The third-order valence-electron chi connectivity index (χ3n) is 4.32. The fourth-order valence-corrected chi connectivity index (χ4v) is 2.97. The molecule has 3 heterocycles. The number of carbonyl (C=O) groups is 1. The Morgan fingerprint density at radius 2 is 1.52 bits per heavy atom. The summed E-state index contributed by atoms with van der Waals surface area (Å²) in [6.45, 7) is 1.21. The zero-order valence-corrected chi connectivity index (χ0v) is 15.2. The molecule has 9 heteroatoms. The van der Waals surface area contributed by atoms with E-state index >= 15 is 0 Å². The molecule has 0 aliphatic carbocycles. The van der Waals surface area contributed by atoms with Gasteiger partial charge in [-0.3, -0.25) is 4.79 Å². The monoisotopic (exact) mass is 392 g/mol.